The molecule has 0 unspecified atom stereocenters. The van der Waals surface area contributed by atoms with Crippen LogP contribution in [0.15, 0.2) is 30.5 Å². The number of benzene rings is 1. The standard InChI is InChI=1S/C12H14N2O2S/c1-15-10-4-3-9(11(7-10)16-2)8-13-12-5-6-14-17-12/h3-7,13H,8H2,1-2H3. The van der Waals surface area contributed by atoms with Crippen LogP contribution in [-0.2, 0) is 6.54 Å². The Labute approximate surface area is 104 Å². The minimum Gasteiger partial charge on any atom is -0.497 e. The molecule has 0 bridgehead atoms. The highest BCUT2D eigenvalue weighted by molar-refractivity contribution is 7.10. The van der Waals surface area contributed by atoms with Crippen LogP contribution in [0, 0.1) is 0 Å². The summed E-state index contributed by atoms with van der Waals surface area (Å²) in [6, 6.07) is 7.74. The lowest BCUT2D eigenvalue weighted by atomic mass is 10.2. The van der Waals surface area contributed by atoms with E-state index in [0.29, 0.717) is 6.54 Å². The first kappa shape index (κ1) is 11.7. The molecule has 0 spiro atoms. The third-order valence-electron chi connectivity index (χ3n) is 2.39. The number of nitrogens with zero attached hydrogens (tertiary/aromatic N) is 1. The van der Waals surface area contributed by atoms with Crippen LogP contribution in [0.5, 0.6) is 11.5 Å². The molecule has 2 aromatic rings. The van der Waals surface area contributed by atoms with Gasteiger partial charge in [-0.05, 0) is 29.7 Å². The monoisotopic (exact) mass is 250 g/mol. The summed E-state index contributed by atoms with van der Waals surface area (Å²) >= 11 is 1.44. The first-order valence-corrected chi connectivity index (χ1v) is 5.96. The molecular weight excluding hydrogens is 236 g/mol. The summed E-state index contributed by atoms with van der Waals surface area (Å²) in [7, 11) is 3.30. The Hall–Kier alpha value is -1.75. The summed E-state index contributed by atoms with van der Waals surface area (Å²) in [6.07, 6.45) is 1.78. The van der Waals surface area contributed by atoms with Crippen molar-refractivity contribution in [3.8, 4) is 11.5 Å². The third-order valence-corrected chi connectivity index (χ3v) is 3.09. The van der Waals surface area contributed by atoms with Crippen LogP contribution in [0.2, 0.25) is 0 Å². The largest absolute Gasteiger partial charge is 0.497 e. The van der Waals surface area contributed by atoms with Crippen molar-refractivity contribution in [3.05, 3.63) is 36.0 Å². The van der Waals surface area contributed by atoms with Crippen molar-refractivity contribution in [1.29, 1.82) is 0 Å². The zero-order valence-corrected chi connectivity index (χ0v) is 10.6. The molecule has 0 radical (unpaired) electrons. The van der Waals surface area contributed by atoms with Crippen molar-refractivity contribution >= 4 is 16.5 Å². The van der Waals surface area contributed by atoms with Crippen LogP contribution in [0.3, 0.4) is 0 Å². The van der Waals surface area contributed by atoms with Gasteiger partial charge in [0.2, 0.25) is 0 Å². The van der Waals surface area contributed by atoms with Crippen LogP contribution < -0.4 is 14.8 Å². The zero-order valence-electron chi connectivity index (χ0n) is 9.77. The SMILES string of the molecule is COc1ccc(CNc2ccns2)c(OC)c1. The first-order valence-electron chi connectivity index (χ1n) is 5.19. The maximum atomic E-state index is 5.33. The van der Waals surface area contributed by atoms with Crippen molar-refractivity contribution < 1.29 is 9.47 Å². The fourth-order valence-electron chi connectivity index (χ4n) is 1.49. The number of anilines is 1. The van der Waals surface area contributed by atoms with Gasteiger partial charge in [-0.1, -0.05) is 0 Å². The lowest BCUT2D eigenvalue weighted by Crippen LogP contribution is -2.00. The third kappa shape index (κ3) is 2.88. The van der Waals surface area contributed by atoms with Crippen LogP contribution in [0.25, 0.3) is 0 Å². The molecule has 0 atom stereocenters. The topological polar surface area (TPSA) is 43.4 Å². The second-order valence-corrected chi connectivity index (χ2v) is 4.24. The number of hydrogen-bond acceptors (Lipinski definition) is 5. The fraction of sp³-hybridized carbons (Fsp3) is 0.250. The summed E-state index contributed by atoms with van der Waals surface area (Å²) in [5.74, 6) is 1.62. The smallest absolute Gasteiger partial charge is 0.127 e. The van der Waals surface area contributed by atoms with E-state index in [1.165, 1.54) is 11.5 Å². The Morgan fingerprint density at radius 1 is 1.24 bits per heavy atom. The van der Waals surface area contributed by atoms with Gasteiger partial charge in [-0.15, -0.1) is 0 Å². The molecule has 1 N–H and O–H groups in total. The Balaban J connectivity index is 2.09. The van der Waals surface area contributed by atoms with E-state index >= 15 is 0 Å². The van der Waals surface area contributed by atoms with Gasteiger partial charge in [0.15, 0.2) is 0 Å². The van der Waals surface area contributed by atoms with E-state index in [0.717, 1.165) is 22.1 Å². The molecule has 17 heavy (non-hydrogen) atoms. The summed E-state index contributed by atoms with van der Waals surface area (Å²) in [6.45, 7) is 0.704. The van der Waals surface area contributed by atoms with Gasteiger partial charge in [0.25, 0.3) is 0 Å². The van der Waals surface area contributed by atoms with Crippen molar-refractivity contribution in [2.45, 2.75) is 6.54 Å². The Bertz CT molecular complexity index is 471. The average molecular weight is 250 g/mol. The normalized spacial score (nSPS) is 10.0. The lowest BCUT2D eigenvalue weighted by Gasteiger charge is -2.10. The molecular formula is C12H14N2O2S. The summed E-state index contributed by atoms with van der Waals surface area (Å²) in [5.41, 5.74) is 1.08. The van der Waals surface area contributed by atoms with Crippen molar-refractivity contribution in [3.63, 3.8) is 0 Å². The molecule has 4 nitrogen and oxygen atoms in total. The van der Waals surface area contributed by atoms with Gasteiger partial charge in [-0.3, -0.25) is 0 Å². The summed E-state index contributed by atoms with van der Waals surface area (Å²) < 4.78 is 14.5. The molecule has 0 saturated heterocycles. The number of ether oxygens (including phenoxy) is 2. The maximum Gasteiger partial charge on any atom is 0.127 e. The van der Waals surface area contributed by atoms with Gasteiger partial charge >= 0.3 is 0 Å². The molecule has 1 heterocycles. The van der Waals surface area contributed by atoms with E-state index in [2.05, 4.69) is 9.69 Å². The average Bonchev–Trinajstić information content (AvgIpc) is 2.89. The van der Waals surface area contributed by atoms with Gasteiger partial charge in [-0.2, -0.15) is 4.37 Å². The highest BCUT2D eigenvalue weighted by atomic mass is 32.1. The molecule has 0 saturated carbocycles. The molecule has 5 heteroatoms. The van der Waals surface area contributed by atoms with Crippen LogP contribution >= 0.6 is 11.5 Å². The van der Waals surface area contributed by atoms with E-state index in [4.69, 9.17) is 9.47 Å². The second kappa shape index (κ2) is 5.54. The quantitative estimate of drug-likeness (QED) is 0.886. The van der Waals surface area contributed by atoms with Crippen molar-refractivity contribution in [2.75, 3.05) is 19.5 Å². The molecule has 1 aromatic carbocycles. The van der Waals surface area contributed by atoms with Gasteiger partial charge in [0.1, 0.15) is 16.5 Å². The zero-order chi connectivity index (χ0) is 12.1. The number of rotatable bonds is 5. The molecule has 2 rings (SSSR count). The van der Waals surface area contributed by atoms with E-state index in [1.54, 1.807) is 20.4 Å². The van der Waals surface area contributed by atoms with E-state index in [-0.39, 0.29) is 0 Å². The molecule has 0 fully saturated rings. The molecule has 0 amide bonds. The second-order valence-electron chi connectivity index (χ2n) is 3.41. The predicted octanol–water partition coefficient (Wildman–Crippen LogP) is 2.77. The van der Waals surface area contributed by atoms with Crippen LogP contribution in [0.1, 0.15) is 5.56 Å². The van der Waals surface area contributed by atoms with E-state index in [9.17, 15) is 0 Å². The number of hydrogen-bond donors (Lipinski definition) is 1. The fourth-order valence-corrected chi connectivity index (χ4v) is 1.98. The minimum atomic E-state index is 0.704. The number of methoxy groups -OCH3 is 2. The van der Waals surface area contributed by atoms with Crippen molar-refractivity contribution in [2.24, 2.45) is 0 Å². The summed E-state index contributed by atoms with van der Waals surface area (Å²) in [5, 5.41) is 4.33. The Morgan fingerprint density at radius 2 is 2.12 bits per heavy atom. The number of nitrogens with one attached hydrogen (secondary N) is 1. The van der Waals surface area contributed by atoms with Gasteiger partial charge in [-0.25, -0.2) is 0 Å². The van der Waals surface area contributed by atoms with E-state index in [1.807, 2.05) is 24.3 Å². The highest BCUT2D eigenvalue weighted by Crippen LogP contribution is 2.25. The Kier molecular flexibility index (Phi) is 3.82. The molecule has 0 aliphatic rings. The molecule has 0 aliphatic heterocycles. The van der Waals surface area contributed by atoms with Gasteiger partial charge in [0, 0.05) is 24.4 Å². The van der Waals surface area contributed by atoms with Gasteiger partial charge in [0.05, 0.1) is 14.2 Å². The number of aromatic nitrogens is 1. The Morgan fingerprint density at radius 3 is 2.76 bits per heavy atom. The first-order chi connectivity index (χ1) is 8.33. The maximum absolute atomic E-state index is 5.33. The molecule has 90 valence electrons. The lowest BCUT2D eigenvalue weighted by molar-refractivity contribution is 0.391. The predicted molar refractivity (Wildman–Crippen MR) is 69.0 cm³/mol. The highest BCUT2D eigenvalue weighted by Gasteiger charge is 2.05. The van der Waals surface area contributed by atoms with Crippen LogP contribution in [-0.4, -0.2) is 18.6 Å². The molecule has 1 aromatic heterocycles. The van der Waals surface area contributed by atoms with Crippen LogP contribution in [0.4, 0.5) is 5.00 Å². The summed E-state index contributed by atoms with van der Waals surface area (Å²) in [4.78, 5) is 0. The van der Waals surface area contributed by atoms with E-state index < -0.39 is 0 Å². The van der Waals surface area contributed by atoms with Gasteiger partial charge < -0.3 is 14.8 Å². The molecule has 0 aliphatic carbocycles. The van der Waals surface area contributed by atoms with Crippen molar-refractivity contribution in [1.82, 2.24) is 4.37 Å². The minimum absolute atomic E-state index is 0.704.